The molecule has 1 aromatic heterocycles. The van der Waals surface area contributed by atoms with Crippen molar-refractivity contribution in [3.05, 3.63) is 40.3 Å². The van der Waals surface area contributed by atoms with Crippen LogP contribution in [0, 0.1) is 27.9 Å². The summed E-state index contributed by atoms with van der Waals surface area (Å²) in [6.07, 6.45) is 1.91. The van der Waals surface area contributed by atoms with Crippen LogP contribution in [0.5, 0.6) is 0 Å². The maximum atomic E-state index is 12.1. The van der Waals surface area contributed by atoms with E-state index in [9.17, 15) is 14.9 Å². The van der Waals surface area contributed by atoms with Crippen molar-refractivity contribution in [1.82, 2.24) is 10.1 Å². The Morgan fingerprint density at radius 2 is 1.96 bits per heavy atom. The lowest BCUT2D eigenvalue weighted by Gasteiger charge is -2.20. The van der Waals surface area contributed by atoms with Gasteiger partial charge >= 0.3 is 5.97 Å². The Morgan fingerprint density at radius 1 is 1.17 bits per heavy atom. The van der Waals surface area contributed by atoms with Crippen molar-refractivity contribution in [3.8, 4) is 11.4 Å². The van der Waals surface area contributed by atoms with Gasteiger partial charge in [-0.05, 0) is 30.9 Å². The Bertz CT molecular complexity index is 844. The smallest absolute Gasteiger partial charge is 0.310 e. The summed E-state index contributed by atoms with van der Waals surface area (Å²) in [5.41, 5.74) is 0.654. The number of nitro benzene ring substituents is 1. The van der Waals surface area contributed by atoms with Gasteiger partial charge in [-0.1, -0.05) is 5.16 Å². The van der Waals surface area contributed by atoms with Gasteiger partial charge in [0.15, 0.2) is 0 Å². The maximum Gasteiger partial charge on any atom is 0.310 e. The summed E-state index contributed by atoms with van der Waals surface area (Å²) >= 11 is 0. The molecule has 0 unspecified atom stereocenters. The van der Waals surface area contributed by atoms with Crippen molar-refractivity contribution in [2.45, 2.75) is 24.9 Å². The van der Waals surface area contributed by atoms with Crippen LogP contribution in [-0.4, -0.2) is 27.1 Å². The molecule has 0 spiro atoms. The highest BCUT2D eigenvalue weighted by Gasteiger charge is 2.63. The first-order valence-corrected chi connectivity index (χ1v) is 7.91. The summed E-state index contributed by atoms with van der Waals surface area (Å²) in [6, 6.07) is 5.99. The molecule has 0 N–H and O–H groups in total. The van der Waals surface area contributed by atoms with Gasteiger partial charge in [0.1, 0.15) is 6.10 Å². The fourth-order valence-corrected chi connectivity index (χ4v) is 4.56. The second-order valence-electron chi connectivity index (χ2n) is 6.68. The monoisotopic (exact) mass is 327 g/mol. The van der Waals surface area contributed by atoms with E-state index in [-0.39, 0.29) is 35.5 Å². The van der Waals surface area contributed by atoms with Crippen LogP contribution in [0.4, 0.5) is 5.69 Å². The van der Waals surface area contributed by atoms with E-state index >= 15 is 0 Å². The highest BCUT2D eigenvalue weighted by molar-refractivity contribution is 5.78. The minimum Gasteiger partial charge on any atom is -0.462 e. The average molecular weight is 327 g/mol. The third-order valence-corrected chi connectivity index (χ3v) is 5.55. The molecule has 5 atom stereocenters. The van der Waals surface area contributed by atoms with Crippen molar-refractivity contribution >= 4 is 11.7 Å². The molecule has 3 fully saturated rings. The number of hydrogen-bond donors (Lipinski definition) is 0. The SMILES string of the molecule is O=C1O[C@@H]2C[C@H]3C[C@H]2[C@H]1[C@@H]3c1nc(-c2ccc([N+](=O)[O-])cc2)no1. The normalized spacial score (nSPS) is 33.0. The Kier molecular flexibility index (Phi) is 2.63. The number of nitro groups is 1. The zero-order valence-electron chi connectivity index (χ0n) is 12.5. The standard InChI is InChI=1S/C16H13N3O5/c20-16-13-10-5-8(6-11(10)23-16)12(13)15-17-14(18-24-15)7-1-3-9(4-2-7)19(21)22/h1-4,8,10-13H,5-6H2/t8-,10-,11-,12-,13+/m1/s1. The van der Waals surface area contributed by atoms with Gasteiger partial charge in [0.05, 0.1) is 16.8 Å². The minimum absolute atomic E-state index is 0.00955. The molecule has 8 heteroatoms. The highest BCUT2D eigenvalue weighted by atomic mass is 16.6. The maximum absolute atomic E-state index is 12.1. The highest BCUT2D eigenvalue weighted by Crippen LogP contribution is 2.61. The number of benzene rings is 1. The Balaban J connectivity index is 1.45. The first-order chi connectivity index (χ1) is 11.6. The molecule has 5 rings (SSSR count). The third-order valence-electron chi connectivity index (χ3n) is 5.55. The predicted molar refractivity (Wildman–Crippen MR) is 78.7 cm³/mol. The molecule has 1 aliphatic heterocycles. The summed E-state index contributed by atoms with van der Waals surface area (Å²) in [5, 5.41) is 14.7. The van der Waals surface area contributed by atoms with Crippen LogP contribution in [0.15, 0.2) is 28.8 Å². The van der Waals surface area contributed by atoms with E-state index in [1.54, 1.807) is 12.1 Å². The van der Waals surface area contributed by atoms with Crippen LogP contribution in [0.2, 0.25) is 0 Å². The molecule has 2 heterocycles. The van der Waals surface area contributed by atoms with Crippen molar-refractivity contribution in [3.63, 3.8) is 0 Å². The Morgan fingerprint density at radius 3 is 2.71 bits per heavy atom. The van der Waals surface area contributed by atoms with Crippen molar-refractivity contribution in [1.29, 1.82) is 0 Å². The van der Waals surface area contributed by atoms with Crippen LogP contribution >= 0.6 is 0 Å². The van der Waals surface area contributed by atoms with E-state index in [0.717, 1.165) is 12.8 Å². The fourth-order valence-electron chi connectivity index (χ4n) is 4.56. The molecule has 122 valence electrons. The number of carbonyl (C=O) groups excluding carboxylic acids is 1. The predicted octanol–water partition coefficient (Wildman–Crippen LogP) is 2.31. The summed E-state index contributed by atoms with van der Waals surface area (Å²) < 4.78 is 10.9. The van der Waals surface area contributed by atoms with Gasteiger partial charge in [-0.25, -0.2) is 0 Å². The van der Waals surface area contributed by atoms with E-state index in [4.69, 9.17) is 9.26 Å². The van der Waals surface area contributed by atoms with Crippen molar-refractivity contribution < 1.29 is 19.0 Å². The molecule has 8 nitrogen and oxygen atoms in total. The van der Waals surface area contributed by atoms with Gasteiger partial charge in [-0.15, -0.1) is 0 Å². The van der Waals surface area contributed by atoms with E-state index in [0.29, 0.717) is 23.2 Å². The quantitative estimate of drug-likeness (QED) is 0.483. The largest absolute Gasteiger partial charge is 0.462 e. The lowest BCUT2D eigenvalue weighted by atomic mass is 9.80. The summed E-state index contributed by atoms with van der Waals surface area (Å²) in [5.74, 6) is 1.09. The number of esters is 1. The Hall–Kier alpha value is -2.77. The molecular weight excluding hydrogens is 314 g/mol. The van der Waals surface area contributed by atoms with Crippen LogP contribution in [0.1, 0.15) is 24.7 Å². The number of ether oxygens (including phenoxy) is 1. The van der Waals surface area contributed by atoms with Gasteiger partial charge in [0.2, 0.25) is 11.7 Å². The molecule has 24 heavy (non-hydrogen) atoms. The molecule has 0 radical (unpaired) electrons. The van der Waals surface area contributed by atoms with E-state index < -0.39 is 4.92 Å². The summed E-state index contributed by atoms with van der Waals surface area (Å²) in [6.45, 7) is 0. The topological polar surface area (TPSA) is 108 Å². The third kappa shape index (κ3) is 1.76. The molecular formula is C16H13N3O5. The first-order valence-electron chi connectivity index (χ1n) is 7.91. The zero-order chi connectivity index (χ0) is 16.4. The van der Waals surface area contributed by atoms with Crippen molar-refractivity contribution in [2.24, 2.45) is 17.8 Å². The van der Waals surface area contributed by atoms with Crippen LogP contribution in [-0.2, 0) is 9.53 Å². The van der Waals surface area contributed by atoms with E-state index in [1.807, 2.05) is 0 Å². The minimum atomic E-state index is -0.456. The van der Waals surface area contributed by atoms with E-state index in [1.165, 1.54) is 12.1 Å². The number of non-ortho nitro benzene ring substituents is 1. The van der Waals surface area contributed by atoms with Gasteiger partial charge in [0.25, 0.3) is 5.69 Å². The van der Waals surface area contributed by atoms with Crippen LogP contribution in [0.3, 0.4) is 0 Å². The number of rotatable bonds is 3. The second kappa shape index (κ2) is 4.62. The summed E-state index contributed by atoms with van der Waals surface area (Å²) in [4.78, 5) is 26.8. The number of fused-ring (bicyclic) bond motifs is 1. The molecule has 2 aliphatic carbocycles. The van der Waals surface area contributed by atoms with Gasteiger partial charge < -0.3 is 9.26 Å². The molecule has 2 saturated carbocycles. The number of aromatic nitrogens is 2. The molecule has 2 bridgehead atoms. The van der Waals surface area contributed by atoms with Crippen LogP contribution < -0.4 is 0 Å². The van der Waals surface area contributed by atoms with Gasteiger partial charge in [-0.2, -0.15) is 4.98 Å². The fraction of sp³-hybridized carbons (Fsp3) is 0.438. The number of carbonyl (C=O) groups is 1. The average Bonchev–Trinajstić information content (AvgIpc) is 3.30. The lowest BCUT2D eigenvalue weighted by molar-refractivity contribution is -0.384. The van der Waals surface area contributed by atoms with Crippen LogP contribution in [0.25, 0.3) is 11.4 Å². The van der Waals surface area contributed by atoms with Gasteiger partial charge in [-0.3, -0.25) is 14.9 Å². The second-order valence-corrected chi connectivity index (χ2v) is 6.68. The molecule has 2 aromatic rings. The zero-order valence-corrected chi connectivity index (χ0v) is 12.5. The van der Waals surface area contributed by atoms with E-state index in [2.05, 4.69) is 10.1 Å². The molecule has 0 amide bonds. The molecule has 1 aromatic carbocycles. The Labute approximate surface area is 136 Å². The number of nitrogens with zero attached hydrogens (tertiary/aromatic N) is 3. The molecule has 3 aliphatic rings. The first kappa shape index (κ1) is 13.6. The van der Waals surface area contributed by atoms with Gasteiger partial charge in [0, 0.05) is 23.6 Å². The summed E-state index contributed by atoms with van der Waals surface area (Å²) in [7, 11) is 0. The molecule has 1 saturated heterocycles. The lowest BCUT2D eigenvalue weighted by Crippen LogP contribution is -2.24. The number of hydrogen-bond acceptors (Lipinski definition) is 7. The van der Waals surface area contributed by atoms with Crippen molar-refractivity contribution in [2.75, 3.05) is 0 Å².